The van der Waals surface area contributed by atoms with Crippen LogP contribution in [0.5, 0.6) is 0 Å². The third-order valence-electron chi connectivity index (χ3n) is 3.98. The van der Waals surface area contributed by atoms with Gasteiger partial charge in [0.15, 0.2) is 5.82 Å². The zero-order valence-corrected chi connectivity index (χ0v) is 15.1. The molecular weight excluding hydrogens is 356 g/mol. The summed E-state index contributed by atoms with van der Waals surface area (Å²) >= 11 is 7.71. The number of H-pyrrole nitrogens is 1. The van der Waals surface area contributed by atoms with Crippen LogP contribution in [-0.2, 0) is 13.1 Å². The number of hydrogen-bond donors (Lipinski definition) is 2. The van der Waals surface area contributed by atoms with Crippen LogP contribution in [0.25, 0.3) is 21.1 Å². The molecule has 0 saturated heterocycles. The SMILES string of the molecule is C[NH+](Cc1nc2cc(Cl)ccc2c(=O)[nH]1)Cc1nc2ccccc2s1. The summed E-state index contributed by atoms with van der Waals surface area (Å²) in [5.74, 6) is 0.651. The average molecular weight is 372 g/mol. The Labute approximate surface area is 152 Å². The smallest absolute Gasteiger partial charge is 0.258 e. The normalized spacial score (nSPS) is 12.7. The van der Waals surface area contributed by atoms with E-state index in [-0.39, 0.29) is 5.56 Å². The second kappa shape index (κ2) is 6.55. The Kier molecular flexibility index (Phi) is 4.25. The number of quaternary nitrogens is 1. The maximum Gasteiger partial charge on any atom is 0.258 e. The molecule has 0 fully saturated rings. The number of aromatic nitrogens is 3. The first-order valence-electron chi connectivity index (χ1n) is 7.93. The Morgan fingerprint density at radius 3 is 2.80 bits per heavy atom. The number of nitrogens with one attached hydrogen (secondary N) is 2. The molecule has 0 saturated carbocycles. The molecule has 4 aromatic rings. The third kappa shape index (κ3) is 3.42. The Hall–Kier alpha value is -2.28. The van der Waals surface area contributed by atoms with Gasteiger partial charge in [-0.25, -0.2) is 9.97 Å². The minimum absolute atomic E-state index is 0.135. The van der Waals surface area contributed by atoms with E-state index < -0.39 is 0 Å². The molecule has 126 valence electrons. The van der Waals surface area contributed by atoms with E-state index in [1.54, 1.807) is 29.5 Å². The number of hydrogen-bond acceptors (Lipinski definition) is 4. The molecule has 2 heterocycles. The first-order valence-corrected chi connectivity index (χ1v) is 9.12. The van der Waals surface area contributed by atoms with Gasteiger partial charge >= 0.3 is 0 Å². The lowest BCUT2D eigenvalue weighted by Crippen LogP contribution is -3.06. The van der Waals surface area contributed by atoms with Gasteiger partial charge in [0.2, 0.25) is 0 Å². The van der Waals surface area contributed by atoms with Crippen LogP contribution in [0.1, 0.15) is 10.8 Å². The van der Waals surface area contributed by atoms with E-state index in [1.807, 2.05) is 18.2 Å². The number of fused-ring (bicyclic) bond motifs is 2. The summed E-state index contributed by atoms with van der Waals surface area (Å²) in [5, 5.41) is 2.20. The Morgan fingerprint density at radius 2 is 1.96 bits per heavy atom. The van der Waals surface area contributed by atoms with E-state index in [4.69, 9.17) is 11.6 Å². The molecular formula is C18H16ClN4OS+. The highest BCUT2D eigenvalue weighted by Crippen LogP contribution is 2.20. The fourth-order valence-corrected chi connectivity index (χ4v) is 4.09. The zero-order chi connectivity index (χ0) is 17.4. The lowest BCUT2D eigenvalue weighted by molar-refractivity contribution is -0.908. The van der Waals surface area contributed by atoms with Gasteiger partial charge in [-0.05, 0) is 30.3 Å². The summed E-state index contributed by atoms with van der Waals surface area (Å²) in [6.07, 6.45) is 0. The van der Waals surface area contributed by atoms with Gasteiger partial charge in [0, 0.05) is 5.02 Å². The van der Waals surface area contributed by atoms with E-state index in [2.05, 4.69) is 28.1 Å². The van der Waals surface area contributed by atoms with Gasteiger partial charge in [0.05, 0.1) is 28.2 Å². The van der Waals surface area contributed by atoms with Crippen molar-refractivity contribution in [3.05, 3.63) is 68.7 Å². The molecule has 0 bridgehead atoms. The van der Waals surface area contributed by atoms with E-state index >= 15 is 0 Å². The molecule has 7 heteroatoms. The lowest BCUT2D eigenvalue weighted by Gasteiger charge is -2.12. The zero-order valence-electron chi connectivity index (χ0n) is 13.5. The molecule has 1 atom stereocenters. The summed E-state index contributed by atoms with van der Waals surface area (Å²) in [5.41, 5.74) is 1.52. The quantitative estimate of drug-likeness (QED) is 0.579. The molecule has 1 unspecified atom stereocenters. The fraction of sp³-hybridized carbons (Fsp3) is 0.167. The van der Waals surface area contributed by atoms with Crippen molar-refractivity contribution in [3.8, 4) is 0 Å². The second-order valence-corrected chi connectivity index (χ2v) is 7.61. The maximum atomic E-state index is 12.2. The van der Waals surface area contributed by atoms with Gasteiger partial charge in [-0.2, -0.15) is 0 Å². The van der Waals surface area contributed by atoms with Crippen molar-refractivity contribution < 1.29 is 4.90 Å². The topological polar surface area (TPSA) is 63.1 Å². The van der Waals surface area contributed by atoms with Gasteiger partial charge < -0.3 is 9.88 Å². The number of aromatic amines is 1. The molecule has 0 aliphatic carbocycles. The van der Waals surface area contributed by atoms with Gasteiger partial charge in [0.25, 0.3) is 5.56 Å². The van der Waals surface area contributed by atoms with Crippen LogP contribution >= 0.6 is 22.9 Å². The van der Waals surface area contributed by atoms with Crippen LogP contribution in [0.2, 0.25) is 5.02 Å². The number of benzene rings is 2. The van der Waals surface area contributed by atoms with Crippen molar-refractivity contribution in [1.82, 2.24) is 15.0 Å². The Bertz CT molecular complexity index is 1090. The van der Waals surface area contributed by atoms with Gasteiger partial charge in [-0.1, -0.05) is 23.7 Å². The highest BCUT2D eigenvalue weighted by Gasteiger charge is 2.12. The number of halogens is 1. The lowest BCUT2D eigenvalue weighted by atomic mass is 10.2. The molecule has 25 heavy (non-hydrogen) atoms. The van der Waals surface area contributed by atoms with Crippen LogP contribution in [0.3, 0.4) is 0 Å². The molecule has 2 N–H and O–H groups in total. The summed E-state index contributed by atoms with van der Waals surface area (Å²) < 4.78 is 1.19. The molecule has 5 nitrogen and oxygen atoms in total. The van der Waals surface area contributed by atoms with E-state index in [0.717, 1.165) is 17.1 Å². The van der Waals surface area contributed by atoms with E-state index in [9.17, 15) is 4.79 Å². The summed E-state index contributed by atoms with van der Waals surface area (Å²) in [6.45, 7) is 1.38. The summed E-state index contributed by atoms with van der Waals surface area (Å²) in [4.78, 5) is 25.5. The van der Waals surface area contributed by atoms with Crippen LogP contribution in [-0.4, -0.2) is 22.0 Å². The maximum absolute atomic E-state index is 12.2. The summed E-state index contributed by atoms with van der Waals surface area (Å²) in [6, 6.07) is 13.2. The predicted octanol–water partition coefficient (Wildman–Crippen LogP) is 2.40. The second-order valence-electron chi connectivity index (χ2n) is 6.06. The monoisotopic (exact) mass is 371 g/mol. The van der Waals surface area contributed by atoms with Crippen LogP contribution < -0.4 is 10.5 Å². The van der Waals surface area contributed by atoms with E-state index in [1.165, 1.54) is 9.60 Å². The number of rotatable bonds is 4. The molecule has 0 aliphatic rings. The fourth-order valence-electron chi connectivity index (χ4n) is 2.85. The van der Waals surface area contributed by atoms with Crippen LogP contribution in [0.15, 0.2) is 47.3 Å². The Balaban J connectivity index is 1.56. The Morgan fingerprint density at radius 1 is 1.12 bits per heavy atom. The van der Waals surface area contributed by atoms with Crippen molar-refractivity contribution in [2.24, 2.45) is 0 Å². The molecule has 2 aromatic carbocycles. The molecule has 0 radical (unpaired) electrons. The predicted molar refractivity (Wildman–Crippen MR) is 101 cm³/mol. The molecule has 2 aromatic heterocycles. The third-order valence-corrected chi connectivity index (χ3v) is 5.25. The highest BCUT2D eigenvalue weighted by molar-refractivity contribution is 7.18. The first-order chi connectivity index (χ1) is 12.1. The van der Waals surface area contributed by atoms with Crippen LogP contribution in [0, 0.1) is 0 Å². The van der Waals surface area contributed by atoms with Crippen molar-refractivity contribution in [2.75, 3.05) is 7.05 Å². The van der Waals surface area contributed by atoms with Crippen molar-refractivity contribution >= 4 is 44.1 Å². The van der Waals surface area contributed by atoms with Gasteiger partial charge in [0.1, 0.15) is 18.1 Å². The van der Waals surface area contributed by atoms with E-state index in [0.29, 0.717) is 28.3 Å². The molecule has 4 rings (SSSR count). The van der Waals surface area contributed by atoms with Crippen molar-refractivity contribution in [2.45, 2.75) is 13.1 Å². The first kappa shape index (κ1) is 16.2. The average Bonchev–Trinajstić information content (AvgIpc) is 2.96. The van der Waals surface area contributed by atoms with Gasteiger partial charge in [-0.3, -0.25) is 4.79 Å². The van der Waals surface area contributed by atoms with Crippen LogP contribution in [0.4, 0.5) is 0 Å². The minimum atomic E-state index is -0.135. The number of thiazole rings is 1. The molecule has 0 amide bonds. The minimum Gasteiger partial charge on any atom is -0.325 e. The highest BCUT2D eigenvalue weighted by atomic mass is 35.5. The molecule has 0 spiro atoms. The largest absolute Gasteiger partial charge is 0.325 e. The van der Waals surface area contributed by atoms with Crippen molar-refractivity contribution in [1.29, 1.82) is 0 Å². The van der Waals surface area contributed by atoms with Crippen molar-refractivity contribution in [3.63, 3.8) is 0 Å². The number of nitrogens with zero attached hydrogens (tertiary/aromatic N) is 2. The summed E-state index contributed by atoms with van der Waals surface area (Å²) in [7, 11) is 2.06. The standard InChI is InChI=1S/C18H15ClN4OS/c1-23(10-17-21-13-4-2-3-5-15(13)25-17)9-16-20-14-8-11(19)6-7-12(14)18(24)22-16/h2-8H,9-10H2,1H3,(H,20,22,24)/p+1. The molecule has 0 aliphatic heterocycles. The number of para-hydroxylation sites is 1. The van der Waals surface area contributed by atoms with Gasteiger partial charge in [-0.15, -0.1) is 11.3 Å².